The average Bonchev–Trinajstić information content (AvgIpc) is 3.28. The van der Waals surface area contributed by atoms with Gasteiger partial charge in [-0.2, -0.15) is 13.2 Å². The predicted octanol–water partition coefficient (Wildman–Crippen LogP) is 3.15. The van der Waals surface area contributed by atoms with Gasteiger partial charge in [-0.3, -0.25) is 4.90 Å². The van der Waals surface area contributed by atoms with Gasteiger partial charge < -0.3 is 29.8 Å². The fourth-order valence-electron chi connectivity index (χ4n) is 5.17. The van der Waals surface area contributed by atoms with E-state index >= 15 is 4.39 Å². The van der Waals surface area contributed by atoms with Crippen molar-refractivity contribution in [2.45, 2.75) is 42.4 Å². The monoisotopic (exact) mass is 641 g/mol. The Morgan fingerprint density at radius 1 is 1.18 bits per heavy atom. The van der Waals surface area contributed by atoms with Gasteiger partial charge in [-0.1, -0.05) is 12.0 Å². The first-order valence-electron chi connectivity index (χ1n) is 13.7. The van der Waals surface area contributed by atoms with Crippen molar-refractivity contribution in [2.24, 2.45) is 5.14 Å². The number of β-amino-alcohol motifs (C(OH)–C–C–N with tert-alkyl or cyclic N) is 1. The lowest BCUT2D eigenvalue weighted by molar-refractivity contribution is -0.140. The average molecular weight is 642 g/mol. The zero-order valence-corrected chi connectivity index (χ0v) is 25.0. The van der Waals surface area contributed by atoms with E-state index in [1.165, 1.54) is 32.4 Å². The summed E-state index contributed by atoms with van der Waals surface area (Å²) in [5.74, 6) is 5.80. The van der Waals surface area contributed by atoms with Crippen molar-refractivity contribution in [1.82, 2.24) is 9.47 Å². The Bertz CT molecular complexity index is 1620. The van der Waals surface area contributed by atoms with Crippen LogP contribution in [-0.2, 0) is 21.3 Å². The summed E-state index contributed by atoms with van der Waals surface area (Å²) in [6.07, 6.45) is -6.09. The van der Waals surface area contributed by atoms with E-state index in [0.29, 0.717) is 35.2 Å². The van der Waals surface area contributed by atoms with Crippen molar-refractivity contribution in [3.05, 3.63) is 48.2 Å². The minimum Gasteiger partial charge on any atom is -0.495 e. The number of methoxy groups -OCH3 is 2. The third-order valence-corrected chi connectivity index (χ3v) is 8.07. The molecular weight excluding hydrogens is 606 g/mol. The predicted molar refractivity (Wildman–Crippen MR) is 159 cm³/mol. The summed E-state index contributed by atoms with van der Waals surface area (Å²) >= 11 is 0. The molecule has 3 atom stereocenters. The Balaban J connectivity index is 1.54. The van der Waals surface area contributed by atoms with Gasteiger partial charge >= 0.3 is 6.18 Å². The van der Waals surface area contributed by atoms with Crippen LogP contribution in [0, 0.1) is 11.8 Å². The lowest BCUT2D eigenvalue weighted by atomic mass is 10.0. The summed E-state index contributed by atoms with van der Waals surface area (Å²) in [6, 6.07) is 9.81. The number of fused-ring (bicyclic) bond motifs is 1. The van der Waals surface area contributed by atoms with Crippen molar-refractivity contribution in [2.75, 3.05) is 57.6 Å². The largest absolute Gasteiger partial charge is 0.495 e. The minimum absolute atomic E-state index is 0.00488. The summed E-state index contributed by atoms with van der Waals surface area (Å²) < 4.78 is 90.4. The highest BCUT2D eigenvalue weighted by Crippen LogP contribution is 2.32. The maximum Gasteiger partial charge on any atom is 0.406 e. The number of nitrogens with two attached hydrogens (primary N) is 1. The van der Waals surface area contributed by atoms with E-state index in [1.807, 2.05) is 4.90 Å². The Hall–Kier alpha value is -3.55. The summed E-state index contributed by atoms with van der Waals surface area (Å²) in [5.41, 5.74) is 1.31. The van der Waals surface area contributed by atoms with Crippen LogP contribution < -0.4 is 20.5 Å². The highest BCUT2D eigenvalue weighted by molar-refractivity contribution is 7.89. The molecule has 240 valence electrons. The Morgan fingerprint density at radius 2 is 1.95 bits per heavy atom. The SMILES string of the molecule is COC[C@H](O)CN1CCC(Nc2cccc3c2cc(C#CCNc2ccc(S(N)(=O)=O)cc2OC)n3CC(F)(F)F)C(F)C1. The van der Waals surface area contributed by atoms with Crippen LogP contribution in [0.5, 0.6) is 5.75 Å². The van der Waals surface area contributed by atoms with E-state index in [1.54, 1.807) is 24.3 Å². The van der Waals surface area contributed by atoms with E-state index in [2.05, 4.69) is 22.5 Å². The number of piperidine rings is 1. The minimum atomic E-state index is -4.52. The quantitative estimate of drug-likeness (QED) is 0.186. The first kappa shape index (κ1) is 33.3. The third-order valence-electron chi connectivity index (χ3n) is 7.16. The highest BCUT2D eigenvalue weighted by Gasteiger charge is 2.32. The van der Waals surface area contributed by atoms with Crippen molar-refractivity contribution in [3.63, 3.8) is 0 Å². The normalized spacial score (nSPS) is 18.5. The molecule has 1 aliphatic rings. The molecule has 2 unspecified atom stereocenters. The molecular formula is C29H35F4N5O5S. The van der Waals surface area contributed by atoms with Gasteiger partial charge in [0.1, 0.15) is 18.5 Å². The number of aliphatic hydroxyl groups is 1. The molecule has 0 amide bonds. The van der Waals surface area contributed by atoms with Crippen LogP contribution in [0.15, 0.2) is 47.4 Å². The molecule has 3 aromatic rings. The number of halogens is 4. The van der Waals surface area contributed by atoms with Crippen molar-refractivity contribution in [1.29, 1.82) is 0 Å². The topological polar surface area (TPSA) is 131 Å². The molecule has 0 bridgehead atoms. The Labute approximate surface area is 253 Å². The van der Waals surface area contributed by atoms with Crippen LogP contribution in [-0.4, -0.2) is 94.5 Å². The van der Waals surface area contributed by atoms with Crippen molar-refractivity contribution < 1.29 is 40.6 Å². The number of aromatic nitrogens is 1. The lowest BCUT2D eigenvalue weighted by Gasteiger charge is -2.36. The third kappa shape index (κ3) is 8.54. The first-order valence-corrected chi connectivity index (χ1v) is 15.3. The van der Waals surface area contributed by atoms with E-state index in [9.17, 15) is 26.7 Å². The molecule has 15 heteroatoms. The molecule has 1 aromatic heterocycles. The van der Waals surface area contributed by atoms with Gasteiger partial charge in [0.2, 0.25) is 10.0 Å². The van der Waals surface area contributed by atoms with Gasteiger partial charge in [-0.15, -0.1) is 0 Å². The Morgan fingerprint density at radius 3 is 2.61 bits per heavy atom. The number of benzene rings is 2. The number of aliphatic hydroxyl groups excluding tert-OH is 1. The van der Waals surface area contributed by atoms with E-state index < -0.39 is 41.1 Å². The Kier molecular flexibility index (Phi) is 10.6. The van der Waals surface area contributed by atoms with Crippen LogP contribution >= 0.6 is 0 Å². The number of hydrogen-bond donors (Lipinski definition) is 4. The van der Waals surface area contributed by atoms with Crippen molar-refractivity contribution in [3.8, 4) is 17.6 Å². The molecule has 10 nitrogen and oxygen atoms in total. The van der Waals surface area contributed by atoms with E-state index in [0.717, 1.165) is 4.57 Å². The van der Waals surface area contributed by atoms with Crippen LogP contribution in [0.25, 0.3) is 10.9 Å². The molecule has 0 spiro atoms. The summed E-state index contributed by atoms with van der Waals surface area (Å²) in [6.45, 7) is -0.206. The van der Waals surface area contributed by atoms with Gasteiger partial charge in [0.25, 0.3) is 0 Å². The van der Waals surface area contributed by atoms with E-state index in [4.69, 9.17) is 14.6 Å². The number of alkyl halides is 4. The second-order valence-corrected chi connectivity index (χ2v) is 12.0. The molecule has 0 radical (unpaired) electrons. The molecule has 1 aliphatic heterocycles. The number of nitrogens with one attached hydrogen (secondary N) is 2. The molecule has 1 saturated heterocycles. The maximum absolute atomic E-state index is 15.2. The highest BCUT2D eigenvalue weighted by atomic mass is 32.2. The van der Waals surface area contributed by atoms with Gasteiger partial charge in [-0.25, -0.2) is 17.9 Å². The van der Waals surface area contributed by atoms with Crippen LogP contribution in [0.4, 0.5) is 28.9 Å². The number of anilines is 2. The smallest absolute Gasteiger partial charge is 0.406 e. The molecule has 2 aromatic carbocycles. The van der Waals surface area contributed by atoms with Crippen LogP contribution in [0.2, 0.25) is 0 Å². The number of nitrogens with zero attached hydrogens (tertiary/aromatic N) is 2. The summed E-state index contributed by atoms with van der Waals surface area (Å²) in [4.78, 5) is 1.68. The number of likely N-dealkylation sites (tertiary alicyclic amines) is 1. The van der Waals surface area contributed by atoms with Gasteiger partial charge in [0.15, 0.2) is 0 Å². The summed E-state index contributed by atoms with van der Waals surface area (Å²) in [5, 5.41) is 21.8. The zero-order valence-electron chi connectivity index (χ0n) is 24.2. The molecule has 1 fully saturated rings. The number of sulfonamides is 1. The van der Waals surface area contributed by atoms with Gasteiger partial charge in [0.05, 0.1) is 54.2 Å². The van der Waals surface area contributed by atoms with Crippen molar-refractivity contribution >= 4 is 32.3 Å². The van der Waals surface area contributed by atoms with Gasteiger partial charge in [0, 0.05) is 43.9 Å². The fourth-order valence-corrected chi connectivity index (χ4v) is 5.70. The zero-order chi connectivity index (χ0) is 32.1. The molecule has 0 saturated carbocycles. The number of hydrogen-bond acceptors (Lipinski definition) is 8. The van der Waals surface area contributed by atoms with Crippen LogP contribution in [0.3, 0.4) is 0 Å². The fraction of sp³-hybridized carbons (Fsp3) is 0.448. The second-order valence-electron chi connectivity index (χ2n) is 10.5. The molecule has 44 heavy (non-hydrogen) atoms. The number of rotatable bonds is 11. The summed E-state index contributed by atoms with van der Waals surface area (Å²) in [7, 11) is -1.12. The number of ether oxygens (including phenoxy) is 2. The second kappa shape index (κ2) is 14.0. The molecule has 0 aliphatic carbocycles. The lowest BCUT2D eigenvalue weighted by Crippen LogP contribution is -2.50. The molecule has 4 rings (SSSR count). The standard InChI is InChI=1S/C29H35F4N5O5S/c1-42-17-20(39)15-37-12-10-25(23(30)16-37)36-24-6-3-7-27-22(24)13-19(38(27)18-29(31,32)33)5-4-11-35-26-9-8-21(44(34,40)41)14-28(26)43-2/h3,6-9,13-14,20,23,25,35-36,39H,10-12,15-18H2,1-2H3,(H2,34,40,41)/t20-,23?,25?/m1/s1. The first-order chi connectivity index (χ1) is 20.8. The van der Waals surface area contributed by atoms with Gasteiger partial charge in [-0.05, 0) is 42.7 Å². The molecule has 2 heterocycles. The number of primary sulfonamides is 1. The maximum atomic E-state index is 15.2. The van der Waals surface area contributed by atoms with Crippen LogP contribution in [0.1, 0.15) is 12.1 Å². The molecule has 5 N–H and O–H groups in total. The van der Waals surface area contributed by atoms with E-state index in [-0.39, 0.29) is 42.6 Å².